The first-order valence-electron chi connectivity index (χ1n) is 3.91. The van der Waals surface area contributed by atoms with Crippen LogP contribution in [0.4, 0.5) is 0 Å². The predicted octanol–water partition coefficient (Wildman–Crippen LogP) is 0.534. The first-order valence-corrected chi connectivity index (χ1v) is 3.91. The highest BCUT2D eigenvalue weighted by molar-refractivity contribution is 4.96. The maximum atomic E-state index is 8.40. The molecular formula is C8H15NO. The van der Waals surface area contributed by atoms with Crippen molar-refractivity contribution in [1.82, 2.24) is 5.32 Å². The first kappa shape index (κ1) is 7.76. The van der Waals surface area contributed by atoms with Gasteiger partial charge in [-0.1, -0.05) is 12.2 Å². The van der Waals surface area contributed by atoms with Gasteiger partial charge in [0.25, 0.3) is 0 Å². The van der Waals surface area contributed by atoms with E-state index in [9.17, 15) is 0 Å². The molecule has 1 aliphatic carbocycles. The molecule has 0 radical (unpaired) electrons. The molecule has 2 N–H and O–H groups in total. The minimum absolute atomic E-state index is 0.233. The van der Waals surface area contributed by atoms with E-state index in [-0.39, 0.29) is 6.61 Å². The van der Waals surface area contributed by atoms with Crippen LogP contribution >= 0.6 is 0 Å². The number of aliphatic hydroxyl groups excluding tert-OH is 1. The van der Waals surface area contributed by atoms with Gasteiger partial charge < -0.3 is 10.4 Å². The maximum absolute atomic E-state index is 8.40. The Morgan fingerprint density at radius 1 is 1.50 bits per heavy atom. The van der Waals surface area contributed by atoms with Crippen LogP contribution in [0.15, 0.2) is 12.2 Å². The van der Waals surface area contributed by atoms with Gasteiger partial charge in [-0.2, -0.15) is 0 Å². The largest absolute Gasteiger partial charge is 0.395 e. The Kier molecular flexibility index (Phi) is 3.47. The minimum atomic E-state index is 0.233. The van der Waals surface area contributed by atoms with E-state index in [0.717, 1.165) is 12.5 Å². The minimum Gasteiger partial charge on any atom is -0.395 e. The average Bonchev–Trinajstić information content (AvgIpc) is 2.71. The van der Waals surface area contributed by atoms with Crippen molar-refractivity contribution in [2.45, 2.75) is 12.8 Å². The Morgan fingerprint density at radius 2 is 2.30 bits per heavy atom. The number of allylic oxidation sites excluding steroid dienone is 1. The van der Waals surface area contributed by atoms with Gasteiger partial charge in [0.05, 0.1) is 6.61 Å². The van der Waals surface area contributed by atoms with Gasteiger partial charge in [0, 0.05) is 13.1 Å². The SMILES string of the molecule is OCCNC/C=C/C1CC1. The lowest BCUT2D eigenvalue weighted by Gasteiger charge is -1.94. The molecule has 58 valence electrons. The topological polar surface area (TPSA) is 32.3 Å². The zero-order chi connectivity index (χ0) is 7.23. The van der Waals surface area contributed by atoms with Crippen LogP contribution in [-0.2, 0) is 0 Å². The summed E-state index contributed by atoms with van der Waals surface area (Å²) in [5.41, 5.74) is 0. The van der Waals surface area contributed by atoms with Crippen LogP contribution in [0.1, 0.15) is 12.8 Å². The Hall–Kier alpha value is -0.340. The van der Waals surface area contributed by atoms with Crippen molar-refractivity contribution in [2.24, 2.45) is 5.92 Å². The monoisotopic (exact) mass is 141 g/mol. The summed E-state index contributed by atoms with van der Waals surface area (Å²) in [7, 11) is 0. The molecule has 0 saturated heterocycles. The summed E-state index contributed by atoms with van der Waals surface area (Å²) < 4.78 is 0. The van der Waals surface area contributed by atoms with Crippen LogP contribution in [-0.4, -0.2) is 24.8 Å². The molecule has 0 heterocycles. The number of hydrogen-bond acceptors (Lipinski definition) is 2. The van der Waals surface area contributed by atoms with E-state index < -0.39 is 0 Å². The average molecular weight is 141 g/mol. The molecule has 0 unspecified atom stereocenters. The van der Waals surface area contributed by atoms with E-state index >= 15 is 0 Å². The van der Waals surface area contributed by atoms with Crippen molar-refractivity contribution in [3.8, 4) is 0 Å². The van der Waals surface area contributed by atoms with Crippen LogP contribution in [0.3, 0.4) is 0 Å². The fraction of sp³-hybridized carbons (Fsp3) is 0.750. The summed E-state index contributed by atoms with van der Waals surface area (Å²) in [5.74, 6) is 0.871. The normalized spacial score (nSPS) is 18.5. The molecule has 0 spiro atoms. The number of rotatable bonds is 5. The lowest BCUT2D eigenvalue weighted by Crippen LogP contribution is -2.17. The second-order valence-electron chi connectivity index (χ2n) is 2.69. The molecule has 1 saturated carbocycles. The molecule has 0 bridgehead atoms. The molecule has 1 aliphatic rings. The van der Waals surface area contributed by atoms with Crippen LogP contribution in [0.25, 0.3) is 0 Å². The molecular weight excluding hydrogens is 126 g/mol. The van der Waals surface area contributed by atoms with Gasteiger partial charge in [-0.25, -0.2) is 0 Å². The molecule has 0 aliphatic heterocycles. The van der Waals surface area contributed by atoms with Gasteiger partial charge in [-0.15, -0.1) is 0 Å². The fourth-order valence-corrected chi connectivity index (χ4v) is 0.814. The van der Waals surface area contributed by atoms with E-state index in [0.29, 0.717) is 6.54 Å². The third-order valence-electron chi connectivity index (χ3n) is 1.58. The molecule has 2 nitrogen and oxygen atoms in total. The highest BCUT2D eigenvalue weighted by atomic mass is 16.3. The smallest absolute Gasteiger partial charge is 0.0556 e. The van der Waals surface area contributed by atoms with Crippen molar-refractivity contribution >= 4 is 0 Å². The molecule has 0 aromatic carbocycles. The van der Waals surface area contributed by atoms with Gasteiger partial charge in [-0.3, -0.25) is 0 Å². The highest BCUT2D eigenvalue weighted by Crippen LogP contribution is 2.29. The second kappa shape index (κ2) is 4.47. The number of aliphatic hydroxyl groups is 1. The molecule has 10 heavy (non-hydrogen) atoms. The zero-order valence-electron chi connectivity index (χ0n) is 6.21. The summed E-state index contributed by atoms with van der Waals surface area (Å²) in [6.07, 6.45) is 7.14. The van der Waals surface area contributed by atoms with Crippen LogP contribution < -0.4 is 5.32 Å². The zero-order valence-corrected chi connectivity index (χ0v) is 6.21. The summed E-state index contributed by atoms with van der Waals surface area (Å²) in [4.78, 5) is 0. The lowest BCUT2D eigenvalue weighted by molar-refractivity contribution is 0.294. The summed E-state index contributed by atoms with van der Waals surface area (Å²) >= 11 is 0. The van der Waals surface area contributed by atoms with Crippen molar-refractivity contribution in [1.29, 1.82) is 0 Å². The standard InChI is InChI=1S/C8H15NO/c10-7-6-9-5-1-2-8-3-4-8/h1-2,8-10H,3-7H2/b2-1+. The summed E-state index contributed by atoms with van der Waals surface area (Å²) in [5, 5.41) is 11.5. The molecule has 0 aromatic heterocycles. The Bertz CT molecular complexity index is 108. The molecule has 1 fully saturated rings. The number of hydrogen-bond donors (Lipinski definition) is 2. The van der Waals surface area contributed by atoms with Crippen LogP contribution in [0.5, 0.6) is 0 Å². The van der Waals surface area contributed by atoms with Gasteiger partial charge in [0.1, 0.15) is 0 Å². The molecule has 0 aromatic rings. The predicted molar refractivity (Wildman–Crippen MR) is 41.8 cm³/mol. The molecule has 2 heteroatoms. The Morgan fingerprint density at radius 3 is 2.90 bits per heavy atom. The summed E-state index contributed by atoms with van der Waals surface area (Å²) in [6.45, 7) is 1.84. The van der Waals surface area contributed by atoms with E-state index in [1.165, 1.54) is 12.8 Å². The van der Waals surface area contributed by atoms with E-state index in [1.807, 2.05) is 0 Å². The third-order valence-corrected chi connectivity index (χ3v) is 1.58. The molecule has 0 amide bonds. The highest BCUT2D eigenvalue weighted by Gasteiger charge is 2.16. The first-order chi connectivity index (χ1) is 4.93. The molecule has 1 rings (SSSR count). The third kappa shape index (κ3) is 3.64. The van der Waals surface area contributed by atoms with Crippen molar-refractivity contribution in [3.63, 3.8) is 0 Å². The van der Waals surface area contributed by atoms with Gasteiger partial charge >= 0.3 is 0 Å². The quantitative estimate of drug-likeness (QED) is 0.432. The Balaban J connectivity index is 1.83. The van der Waals surface area contributed by atoms with Crippen molar-refractivity contribution in [2.75, 3.05) is 19.7 Å². The van der Waals surface area contributed by atoms with Crippen molar-refractivity contribution < 1.29 is 5.11 Å². The molecule has 0 atom stereocenters. The summed E-state index contributed by atoms with van der Waals surface area (Å²) in [6, 6.07) is 0. The van der Waals surface area contributed by atoms with E-state index in [2.05, 4.69) is 17.5 Å². The maximum Gasteiger partial charge on any atom is 0.0556 e. The van der Waals surface area contributed by atoms with Gasteiger partial charge in [0.2, 0.25) is 0 Å². The lowest BCUT2D eigenvalue weighted by atomic mass is 10.3. The van der Waals surface area contributed by atoms with Gasteiger partial charge in [-0.05, 0) is 18.8 Å². The Labute approximate surface area is 61.9 Å². The van der Waals surface area contributed by atoms with Crippen LogP contribution in [0.2, 0.25) is 0 Å². The van der Waals surface area contributed by atoms with E-state index in [1.54, 1.807) is 0 Å². The van der Waals surface area contributed by atoms with Crippen molar-refractivity contribution in [3.05, 3.63) is 12.2 Å². The number of nitrogens with one attached hydrogen (secondary N) is 1. The second-order valence-corrected chi connectivity index (χ2v) is 2.69. The fourth-order valence-electron chi connectivity index (χ4n) is 0.814. The van der Waals surface area contributed by atoms with E-state index in [4.69, 9.17) is 5.11 Å². The van der Waals surface area contributed by atoms with Gasteiger partial charge in [0.15, 0.2) is 0 Å². The van der Waals surface area contributed by atoms with Crippen LogP contribution in [0, 0.1) is 5.92 Å².